The van der Waals surface area contributed by atoms with Crippen molar-refractivity contribution in [2.24, 2.45) is 0 Å². The summed E-state index contributed by atoms with van der Waals surface area (Å²) in [5.41, 5.74) is 1.22. The van der Waals surface area contributed by atoms with Crippen LogP contribution in [0.4, 0.5) is 0 Å². The summed E-state index contributed by atoms with van der Waals surface area (Å²) in [5.74, 6) is 0. The van der Waals surface area contributed by atoms with Gasteiger partial charge in [-0.1, -0.05) is 24.6 Å². The largest absolute Gasteiger partial charge is 0.309 e. The van der Waals surface area contributed by atoms with Crippen LogP contribution in [0.5, 0.6) is 0 Å². The van der Waals surface area contributed by atoms with E-state index in [1.807, 2.05) is 24.5 Å². The first-order chi connectivity index (χ1) is 8.65. The van der Waals surface area contributed by atoms with E-state index in [2.05, 4.69) is 52.4 Å². The number of rotatable bonds is 4. The predicted octanol–water partition coefficient (Wildman–Crippen LogP) is 5.04. The third-order valence-corrected chi connectivity index (χ3v) is 5.39. The van der Waals surface area contributed by atoms with Crippen LogP contribution in [0, 0.1) is 0 Å². The molecule has 0 aliphatic heterocycles. The average Bonchev–Trinajstić information content (AvgIpc) is 2.83. The minimum atomic E-state index is 0.226. The van der Waals surface area contributed by atoms with Crippen LogP contribution in [0.15, 0.2) is 34.8 Å². The maximum absolute atomic E-state index is 6.04. The molecule has 1 nitrogen and oxygen atoms in total. The van der Waals surface area contributed by atoms with Crippen molar-refractivity contribution >= 4 is 38.9 Å². The van der Waals surface area contributed by atoms with E-state index in [9.17, 15) is 0 Å². The minimum absolute atomic E-state index is 0.226. The molecule has 2 aromatic rings. The molecule has 0 bridgehead atoms. The molecule has 4 heteroatoms. The molecule has 1 heterocycles. The number of nitrogens with one attached hydrogen (secondary N) is 1. The number of aryl methyl sites for hydroxylation is 1. The fourth-order valence-corrected chi connectivity index (χ4v) is 3.51. The minimum Gasteiger partial charge on any atom is -0.309 e. The lowest BCUT2D eigenvalue weighted by Crippen LogP contribution is -2.16. The summed E-state index contributed by atoms with van der Waals surface area (Å²) < 4.78 is 0.939. The quantitative estimate of drug-likeness (QED) is 0.819. The highest BCUT2D eigenvalue weighted by Gasteiger charge is 2.15. The summed E-state index contributed by atoms with van der Waals surface area (Å²) in [6.45, 7) is 2.18. The lowest BCUT2D eigenvalue weighted by Gasteiger charge is -2.15. The number of halogens is 2. The van der Waals surface area contributed by atoms with Gasteiger partial charge in [-0.3, -0.25) is 0 Å². The van der Waals surface area contributed by atoms with Crippen molar-refractivity contribution in [3.63, 3.8) is 0 Å². The van der Waals surface area contributed by atoms with E-state index in [4.69, 9.17) is 11.6 Å². The molecule has 1 unspecified atom stereocenters. The second kappa shape index (κ2) is 6.20. The van der Waals surface area contributed by atoms with E-state index in [0.717, 1.165) is 15.9 Å². The number of benzene rings is 1. The molecule has 0 radical (unpaired) electrons. The van der Waals surface area contributed by atoms with E-state index in [1.54, 1.807) is 0 Å². The van der Waals surface area contributed by atoms with E-state index >= 15 is 0 Å². The fourth-order valence-electron chi connectivity index (χ4n) is 1.90. The van der Waals surface area contributed by atoms with Gasteiger partial charge in [-0.25, -0.2) is 0 Å². The standard InChI is InChI=1S/C14H15BrClNS/c1-3-10-5-7-13(18-10)14(17-2)9-4-6-12(16)11(15)8-9/h4-8,14,17H,3H2,1-2H3. The van der Waals surface area contributed by atoms with Gasteiger partial charge in [-0.2, -0.15) is 0 Å². The Morgan fingerprint density at radius 1 is 1.33 bits per heavy atom. The van der Waals surface area contributed by atoms with E-state index in [0.29, 0.717) is 0 Å². The van der Waals surface area contributed by atoms with Crippen LogP contribution in [-0.4, -0.2) is 7.05 Å². The van der Waals surface area contributed by atoms with Crippen LogP contribution in [0.25, 0.3) is 0 Å². The van der Waals surface area contributed by atoms with Crippen LogP contribution in [0.2, 0.25) is 5.02 Å². The van der Waals surface area contributed by atoms with Crippen LogP contribution in [0.1, 0.15) is 28.3 Å². The molecule has 0 saturated heterocycles. The molecule has 1 aromatic heterocycles. The Hall–Kier alpha value is -0.350. The summed E-state index contributed by atoms with van der Waals surface area (Å²) in [6, 6.07) is 10.7. The third kappa shape index (κ3) is 2.97. The van der Waals surface area contributed by atoms with Gasteiger partial charge in [-0.05, 0) is 59.2 Å². The van der Waals surface area contributed by atoms with E-state index in [1.165, 1.54) is 15.3 Å². The van der Waals surface area contributed by atoms with Crippen molar-refractivity contribution in [2.75, 3.05) is 7.05 Å². The molecule has 0 aliphatic carbocycles. The zero-order chi connectivity index (χ0) is 13.1. The molecule has 18 heavy (non-hydrogen) atoms. The number of hydrogen-bond donors (Lipinski definition) is 1. The number of hydrogen-bond acceptors (Lipinski definition) is 2. The Balaban J connectivity index is 2.35. The molecule has 96 valence electrons. The second-order valence-corrected chi connectivity index (χ2v) is 6.51. The van der Waals surface area contributed by atoms with Crippen LogP contribution < -0.4 is 5.32 Å². The highest BCUT2D eigenvalue weighted by Crippen LogP contribution is 2.32. The Morgan fingerprint density at radius 2 is 2.11 bits per heavy atom. The van der Waals surface area contributed by atoms with E-state index in [-0.39, 0.29) is 6.04 Å². The first kappa shape index (κ1) is 14.1. The molecular weight excluding hydrogens is 330 g/mol. The molecule has 0 saturated carbocycles. The van der Waals surface area contributed by atoms with Crippen molar-refractivity contribution in [3.05, 3.63) is 55.1 Å². The summed E-state index contributed by atoms with van der Waals surface area (Å²) in [7, 11) is 1.98. The Morgan fingerprint density at radius 3 is 2.67 bits per heavy atom. The molecule has 0 aliphatic rings. The Kier molecular flexibility index (Phi) is 4.84. The van der Waals surface area contributed by atoms with E-state index < -0.39 is 0 Å². The van der Waals surface area contributed by atoms with Crippen molar-refractivity contribution in [3.8, 4) is 0 Å². The maximum atomic E-state index is 6.04. The van der Waals surface area contributed by atoms with Crippen molar-refractivity contribution in [1.29, 1.82) is 0 Å². The smallest absolute Gasteiger partial charge is 0.0669 e. The molecular formula is C14H15BrClNS. The molecule has 0 spiro atoms. The predicted molar refractivity (Wildman–Crippen MR) is 83.8 cm³/mol. The van der Waals surface area contributed by atoms with Gasteiger partial charge in [0.1, 0.15) is 0 Å². The third-order valence-electron chi connectivity index (χ3n) is 2.88. The van der Waals surface area contributed by atoms with Gasteiger partial charge in [0.15, 0.2) is 0 Å². The van der Waals surface area contributed by atoms with Gasteiger partial charge in [0.25, 0.3) is 0 Å². The summed E-state index contributed by atoms with van der Waals surface area (Å²) in [6.07, 6.45) is 1.09. The maximum Gasteiger partial charge on any atom is 0.0669 e. The lowest BCUT2D eigenvalue weighted by atomic mass is 10.1. The van der Waals surface area contributed by atoms with Gasteiger partial charge in [0.2, 0.25) is 0 Å². The summed E-state index contributed by atoms with van der Waals surface area (Å²) in [4.78, 5) is 2.75. The summed E-state index contributed by atoms with van der Waals surface area (Å²) in [5, 5.41) is 4.11. The van der Waals surface area contributed by atoms with Gasteiger partial charge >= 0.3 is 0 Å². The fraction of sp³-hybridized carbons (Fsp3) is 0.286. The van der Waals surface area contributed by atoms with Gasteiger partial charge in [-0.15, -0.1) is 11.3 Å². The molecule has 0 fully saturated rings. The Bertz CT molecular complexity index is 538. The van der Waals surface area contributed by atoms with Crippen molar-refractivity contribution in [1.82, 2.24) is 5.32 Å². The van der Waals surface area contributed by atoms with Crippen LogP contribution in [-0.2, 0) is 6.42 Å². The van der Waals surface area contributed by atoms with Gasteiger partial charge < -0.3 is 5.32 Å². The average molecular weight is 345 g/mol. The molecule has 0 amide bonds. The highest BCUT2D eigenvalue weighted by atomic mass is 79.9. The normalized spacial score (nSPS) is 12.7. The topological polar surface area (TPSA) is 12.0 Å². The van der Waals surface area contributed by atoms with Crippen molar-refractivity contribution in [2.45, 2.75) is 19.4 Å². The zero-order valence-corrected chi connectivity index (χ0v) is 13.5. The summed E-state index contributed by atoms with van der Waals surface area (Å²) >= 11 is 11.4. The SMILES string of the molecule is CCc1ccc(C(NC)c2ccc(Cl)c(Br)c2)s1. The van der Waals surface area contributed by atoms with Crippen LogP contribution in [0.3, 0.4) is 0 Å². The lowest BCUT2D eigenvalue weighted by molar-refractivity contribution is 0.703. The zero-order valence-electron chi connectivity index (χ0n) is 10.3. The second-order valence-electron chi connectivity index (χ2n) is 4.05. The molecule has 1 N–H and O–H groups in total. The Labute approximate surface area is 125 Å². The van der Waals surface area contributed by atoms with Gasteiger partial charge in [0.05, 0.1) is 11.1 Å². The highest BCUT2D eigenvalue weighted by molar-refractivity contribution is 9.10. The number of thiophene rings is 1. The van der Waals surface area contributed by atoms with Gasteiger partial charge in [0, 0.05) is 14.2 Å². The first-order valence-electron chi connectivity index (χ1n) is 5.86. The molecule has 1 atom stereocenters. The molecule has 2 rings (SSSR count). The monoisotopic (exact) mass is 343 g/mol. The van der Waals surface area contributed by atoms with Crippen molar-refractivity contribution < 1.29 is 0 Å². The first-order valence-corrected chi connectivity index (χ1v) is 7.85. The molecule has 1 aromatic carbocycles. The van der Waals surface area contributed by atoms with Crippen LogP contribution >= 0.6 is 38.9 Å².